The van der Waals surface area contributed by atoms with Crippen LogP contribution in [0.1, 0.15) is 68.3 Å². The van der Waals surface area contributed by atoms with E-state index in [1.165, 1.54) is 12.1 Å². The van der Waals surface area contributed by atoms with Crippen molar-refractivity contribution in [2.75, 3.05) is 13.2 Å². The van der Waals surface area contributed by atoms with Gasteiger partial charge in [-0.3, -0.25) is 9.59 Å². The summed E-state index contributed by atoms with van der Waals surface area (Å²) in [5, 5.41) is 10.5. The van der Waals surface area contributed by atoms with E-state index in [-0.39, 0.29) is 48.8 Å². The average Bonchev–Trinajstić information content (AvgIpc) is 3.66. The fourth-order valence-corrected chi connectivity index (χ4v) is 3.68. The van der Waals surface area contributed by atoms with Gasteiger partial charge >= 0.3 is 5.97 Å². The molecule has 224 valence electrons. The molecule has 0 aliphatic carbocycles. The van der Waals surface area contributed by atoms with Gasteiger partial charge < -0.3 is 29.6 Å². The van der Waals surface area contributed by atoms with Gasteiger partial charge in [-0.2, -0.15) is 9.97 Å². The maximum Gasteiger partial charge on any atom is 0.319 e. The lowest BCUT2D eigenvalue weighted by Gasteiger charge is -2.14. The Bertz CT molecular complexity index is 1490. The topological polar surface area (TPSA) is 168 Å². The monoisotopic (exact) mass is 602 g/mol. The summed E-state index contributed by atoms with van der Waals surface area (Å²) in [6, 6.07) is 10.6. The van der Waals surface area contributed by atoms with Gasteiger partial charge in [-0.15, -0.1) is 12.4 Å². The molecule has 0 aliphatic rings. The van der Waals surface area contributed by atoms with Crippen molar-refractivity contribution in [2.24, 2.45) is 5.73 Å². The summed E-state index contributed by atoms with van der Waals surface area (Å²) in [6.45, 7) is 7.11. The Kier molecular flexibility index (Phi) is 11.1. The standard InChI is InChI=1S/C28H31FN6O6.ClH/c1-5-22(39-19-9-6-17(7-10-19)24-32-27(15(2)3)40-34-24)28-33-25(35-41-28)18-8-11-20(21(29)12-18)26(37)31-16(4)14-38-23(36)13-30;/h6-12,15-16,22H,5,13-14,30H2,1-4H3,(H,31,37);1H/t16-,22?;/m1./s1. The molecule has 4 aromatic rings. The van der Waals surface area contributed by atoms with E-state index >= 15 is 0 Å². The second kappa shape index (κ2) is 14.5. The van der Waals surface area contributed by atoms with Gasteiger partial charge in [0.2, 0.25) is 17.5 Å². The number of nitrogens with one attached hydrogen (secondary N) is 1. The van der Waals surface area contributed by atoms with Crippen molar-refractivity contribution in [3.8, 4) is 28.5 Å². The molecule has 0 saturated heterocycles. The second-order valence-electron chi connectivity index (χ2n) is 9.56. The first-order valence-electron chi connectivity index (χ1n) is 13.1. The van der Waals surface area contributed by atoms with Crippen LogP contribution in [0.15, 0.2) is 51.5 Å². The Labute approximate surface area is 247 Å². The molecule has 1 unspecified atom stereocenters. The second-order valence-corrected chi connectivity index (χ2v) is 9.56. The van der Waals surface area contributed by atoms with Crippen LogP contribution >= 0.6 is 12.4 Å². The van der Waals surface area contributed by atoms with Crippen molar-refractivity contribution in [1.82, 2.24) is 25.6 Å². The Morgan fingerprint density at radius 1 is 0.976 bits per heavy atom. The highest BCUT2D eigenvalue weighted by Crippen LogP contribution is 2.28. The largest absolute Gasteiger partial charge is 0.481 e. The minimum Gasteiger partial charge on any atom is -0.481 e. The number of nitrogens with zero attached hydrogens (tertiary/aromatic N) is 4. The van der Waals surface area contributed by atoms with Gasteiger partial charge in [0, 0.05) is 17.0 Å². The van der Waals surface area contributed by atoms with Gasteiger partial charge in [0.05, 0.1) is 18.2 Å². The highest BCUT2D eigenvalue weighted by molar-refractivity contribution is 5.95. The minimum atomic E-state index is -0.775. The van der Waals surface area contributed by atoms with Crippen LogP contribution in [0.25, 0.3) is 22.8 Å². The molecule has 0 spiro atoms. The molecule has 2 atom stereocenters. The summed E-state index contributed by atoms with van der Waals surface area (Å²) in [5.41, 5.74) is 6.10. The van der Waals surface area contributed by atoms with Gasteiger partial charge in [-0.1, -0.05) is 37.2 Å². The van der Waals surface area contributed by atoms with E-state index in [2.05, 4.69) is 25.6 Å². The van der Waals surface area contributed by atoms with E-state index in [4.69, 9.17) is 24.3 Å². The molecule has 12 nitrogen and oxygen atoms in total. The Morgan fingerprint density at radius 3 is 2.19 bits per heavy atom. The summed E-state index contributed by atoms with van der Waals surface area (Å²) < 4.78 is 36.5. The molecule has 0 aliphatic heterocycles. The lowest BCUT2D eigenvalue weighted by molar-refractivity contribution is -0.142. The molecule has 0 radical (unpaired) electrons. The lowest BCUT2D eigenvalue weighted by atomic mass is 10.1. The number of hydrogen-bond donors (Lipinski definition) is 2. The molecule has 0 saturated carbocycles. The number of halogens is 2. The Balaban J connectivity index is 0.00000484. The molecule has 0 bridgehead atoms. The number of aromatic nitrogens is 4. The van der Waals surface area contributed by atoms with Crippen LogP contribution in [0.2, 0.25) is 0 Å². The molecule has 42 heavy (non-hydrogen) atoms. The minimum absolute atomic E-state index is 0. The first kappa shape index (κ1) is 32.2. The molecular weight excluding hydrogens is 571 g/mol. The average molecular weight is 603 g/mol. The predicted octanol–water partition coefficient (Wildman–Crippen LogP) is 4.62. The number of amides is 1. The van der Waals surface area contributed by atoms with Crippen LogP contribution < -0.4 is 15.8 Å². The third-order valence-corrected chi connectivity index (χ3v) is 5.92. The van der Waals surface area contributed by atoms with E-state index in [0.717, 1.165) is 11.6 Å². The number of carbonyl (C=O) groups excluding carboxylic acids is 2. The van der Waals surface area contributed by atoms with E-state index in [1.54, 1.807) is 19.1 Å². The van der Waals surface area contributed by atoms with Crippen LogP contribution in [0.5, 0.6) is 5.75 Å². The lowest BCUT2D eigenvalue weighted by Crippen LogP contribution is -2.37. The first-order chi connectivity index (χ1) is 19.7. The third-order valence-electron chi connectivity index (χ3n) is 5.92. The molecule has 1 amide bonds. The van der Waals surface area contributed by atoms with Gasteiger partial charge in [0.15, 0.2) is 6.10 Å². The molecular formula is C28H32ClFN6O6. The van der Waals surface area contributed by atoms with Gasteiger partial charge in [-0.25, -0.2) is 4.39 Å². The zero-order valence-electron chi connectivity index (χ0n) is 23.5. The number of nitrogens with two attached hydrogens (primary N) is 1. The molecule has 3 N–H and O–H groups in total. The predicted molar refractivity (Wildman–Crippen MR) is 151 cm³/mol. The zero-order valence-corrected chi connectivity index (χ0v) is 24.3. The molecule has 2 heterocycles. The summed E-state index contributed by atoms with van der Waals surface area (Å²) in [6.07, 6.45) is -0.0253. The van der Waals surface area contributed by atoms with Crippen molar-refractivity contribution in [1.29, 1.82) is 0 Å². The van der Waals surface area contributed by atoms with Crippen molar-refractivity contribution >= 4 is 24.3 Å². The number of rotatable bonds is 12. The molecule has 2 aromatic carbocycles. The number of benzene rings is 2. The van der Waals surface area contributed by atoms with E-state index < -0.39 is 29.8 Å². The van der Waals surface area contributed by atoms with E-state index in [9.17, 15) is 14.0 Å². The normalized spacial score (nSPS) is 12.4. The summed E-state index contributed by atoms with van der Waals surface area (Å²) in [5.74, 6) is 0.0789. The molecule has 14 heteroatoms. The number of esters is 1. The summed E-state index contributed by atoms with van der Waals surface area (Å²) >= 11 is 0. The van der Waals surface area contributed by atoms with Gasteiger partial charge in [-0.05, 0) is 49.7 Å². The van der Waals surface area contributed by atoms with Crippen LogP contribution in [0, 0.1) is 5.82 Å². The maximum atomic E-state index is 14.8. The van der Waals surface area contributed by atoms with Crippen LogP contribution in [0.3, 0.4) is 0 Å². The Hall–Kier alpha value is -4.36. The molecule has 4 rings (SSSR count). The maximum absolute atomic E-state index is 14.8. The van der Waals surface area contributed by atoms with Crippen LogP contribution in [0.4, 0.5) is 4.39 Å². The Morgan fingerprint density at radius 2 is 1.60 bits per heavy atom. The van der Waals surface area contributed by atoms with Crippen molar-refractivity contribution in [3.63, 3.8) is 0 Å². The summed E-state index contributed by atoms with van der Waals surface area (Å²) in [4.78, 5) is 32.4. The highest BCUT2D eigenvalue weighted by atomic mass is 35.5. The zero-order chi connectivity index (χ0) is 29.5. The smallest absolute Gasteiger partial charge is 0.319 e. The van der Waals surface area contributed by atoms with Crippen LogP contribution in [-0.2, 0) is 9.53 Å². The number of carbonyl (C=O) groups is 2. The van der Waals surface area contributed by atoms with E-state index in [1.807, 2.05) is 32.9 Å². The molecule has 0 fully saturated rings. The summed E-state index contributed by atoms with van der Waals surface area (Å²) in [7, 11) is 0. The fraction of sp³-hybridized carbons (Fsp3) is 0.357. The van der Waals surface area contributed by atoms with E-state index in [0.29, 0.717) is 29.4 Å². The van der Waals surface area contributed by atoms with Gasteiger partial charge in [0.1, 0.15) is 18.2 Å². The fourth-order valence-electron chi connectivity index (χ4n) is 3.68. The van der Waals surface area contributed by atoms with Crippen molar-refractivity contribution in [2.45, 2.75) is 52.2 Å². The quantitative estimate of drug-likeness (QED) is 0.217. The SMILES string of the molecule is CCC(Oc1ccc(-c2noc(C(C)C)n2)cc1)c1nc(-c2ccc(C(=O)N[C@H](C)COC(=O)CN)c(F)c2)no1.Cl. The number of ether oxygens (including phenoxy) is 2. The van der Waals surface area contributed by atoms with Gasteiger partial charge in [0.25, 0.3) is 11.8 Å². The van der Waals surface area contributed by atoms with Crippen molar-refractivity contribution < 1.29 is 32.5 Å². The van der Waals surface area contributed by atoms with Crippen molar-refractivity contribution in [3.05, 3.63) is 65.6 Å². The third kappa shape index (κ3) is 7.89. The highest BCUT2D eigenvalue weighted by Gasteiger charge is 2.22. The number of hydrogen-bond acceptors (Lipinski definition) is 11. The first-order valence-corrected chi connectivity index (χ1v) is 13.1. The molecule has 2 aromatic heterocycles. The van der Waals surface area contributed by atoms with Crippen LogP contribution in [-0.4, -0.2) is 51.4 Å².